The molecule has 0 spiro atoms. The Hall–Kier alpha value is -3.02. The van der Waals surface area contributed by atoms with Crippen molar-refractivity contribution in [3.63, 3.8) is 0 Å². The molecule has 2 N–H and O–H groups in total. The second-order valence-electron chi connectivity index (χ2n) is 5.86. The molecule has 2 amide bonds. The fraction of sp³-hybridized carbons (Fsp3) is 0.333. The summed E-state index contributed by atoms with van der Waals surface area (Å²) >= 11 is 0. The molecule has 0 atom stereocenters. The molecule has 0 bridgehead atoms. The maximum absolute atomic E-state index is 12.8. The van der Waals surface area contributed by atoms with Gasteiger partial charge < -0.3 is 20.1 Å². The zero-order valence-electron chi connectivity index (χ0n) is 16.2. The van der Waals surface area contributed by atoms with Crippen molar-refractivity contribution in [3.8, 4) is 11.5 Å². The van der Waals surface area contributed by atoms with E-state index in [-0.39, 0.29) is 11.8 Å². The number of hydrogen-bond donors (Lipinski definition) is 2. The molecule has 0 radical (unpaired) electrons. The molecule has 0 unspecified atom stereocenters. The van der Waals surface area contributed by atoms with Crippen molar-refractivity contribution in [1.29, 1.82) is 0 Å². The first-order valence-electron chi connectivity index (χ1n) is 9.10. The second-order valence-corrected chi connectivity index (χ2v) is 5.86. The first kappa shape index (κ1) is 20.3. The number of anilines is 2. The number of rotatable bonds is 8. The molecule has 2 aromatic rings. The Kier molecular flexibility index (Phi) is 7.23. The molecule has 0 heterocycles. The Morgan fingerprint density at radius 2 is 1.59 bits per heavy atom. The average molecular weight is 370 g/mol. The topological polar surface area (TPSA) is 76.7 Å². The Balaban J connectivity index is 2.27. The van der Waals surface area contributed by atoms with Crippen LogP contribution >= 0.6 is 0 Å². The van der Waals surface area contributed by atoms with Gasteiger partial charge in [-0.05, 0) is 50.6 Å². The Labute approximate surface area is 159 Å². The van der Waals surface area contributed by atoms with Gasteiger partial charge in [0.2, 0.25) is 5.91 Å². The lowest BCUT2D eigenvalue weighted by molar-refractivity contribution is -0.115. The highest BCUT2D eigenvalue weighted by atomic mass is 16.5. The maximum atomic E-state index is 12.8. The molecule has 2 aromatic carbocycles. The number of amides is 2. The summed E-state index contributed by atoms with van der Waals surface area (Å²) in [5, 5.41) is 5.73. The first-order chi connectivity index (χ1) is 13.0. The maximum Gasteiger partial charge on any atom is 0.259 e. The molecule has 6 heteroatoms. The van der Waals surface area contributed by atoms with E-state index in [1.807, 2.05) is 20.8 Å². The van der Waals surface area contributed by atoms with Gasteiger partial charge in [0.25, 0.3) is 5.91 Å². The molecule has 0 aliphatic rings. The minimum absolute atomic E-state index is 0.0771. The quantitative estimate of drug-likeness (QED) is 0.722. The molecule has 0 saturated heterocycles. The second kappa shape index (κ2) is 9.62. The highest BCUT2D eigenvalue weighted by molar-refractivity contribution is 6.07. The number of carbonyl (C=O) groups excluding carboxylic acids is 2. The van der Waals surface area contributed by atoms with Crippen LogP contribution in [0.2, 0.25) is 0 Å². The van der Waals surface area contributed by atoms with E-state index in [0.29, 0.717) is 48.1 Å². The van der Waals surface area contributed by atoms with Crippen LogP contribution < -0.4 is 20.1 Å². The molecular formula is C21H26N2O4. The van der Waals surface area contributed by atoms with Gasteiger partial charge in [0, 0.05) is 23.9 Å². The van der Waals surface area contributed by atoms with Crippen LogP contribution in [0.3, 0.4) is 0 Å². The van der Waals surface area contributed by atoms with Gasteiger partial charge in [0.15, 0.2) is 0 Å². The Morgan fingerprint density at radius 3 is 2.22 bits per heavy atom. The summed E-state index contributed by atoms with van der Waals surface area (Å²) in [7, 11) is 0. The summed E-state index contributed by atoms with van der Waals surface area (Å²) in [5.74, 6) is 0.752. The Morgan fingerprint density at radius 1 is 0.926 bits per heavy atom. The summed E-state index contributed by atoms with van der Waals surface area (Å²) < 4.78 is 11.1. The van der Waals surface area contributed by atoms with E-state index < -0.39 is 0 Å². The molecule has 0 aliphatic carbocycles. The van der Waals surface area contributed by atoms with Crippen molar-refractivity contribution in [1.82, 2.24) is 0 Å². The van der Waals surface area contributed by atoms with E-state index in [2.05, 4.69) is 10.6 Å². The van der Waals surface area contributed by atoms with Gasteiger partial charge in [-0.15, -0.1) is 0 Å². The van der Waals surface area contributed by atoms with Crippen molar-refractivity contribution in [2.24, 2.45) is 0 Å². The van der Waals surface area contributed by atoms with Gasteiger partial charge in [-0.3, -0.25) is 9.59 Å². The van der Waals surface area contributed by atoms with Crippen LogP contribution in [0.5, 0.6) is 11.5 Å². The van der Waals surface area contributed by atoms with Crippen molar-refractivity contribution in [2.75, 3.05) is 23.8 Å². The van der Waals surface area contributed by atoms with Gasteiger partial charge in [0.05, 0.1) is 18.8 Å². The summed E-state index contributed by atoms with van der Waals surface area (Å²) in [4.78, 5) is 24.5. The standard InChI is InChI=1S/C21H26N2O4/c1-5-20(24)22-17-9-8-10-18(14(17)4)23-21(25)16-12-11-15(26-6-2)13-19(16)27-7-3/h8-13H,5-7H2,1-4H3,(H,22,24)(H,23,25). The van der Waals surface area contributed by atoms with Crippen molar-refractivity contribution in [3.05, 3.63) is 47.5 Å². The third-order valence-electron chi connectivity index (χ3n) is 3.99. The summed E-state index contributed by atoms with van der Waals surface area (Å²) in [6, 6.07) is 10.5. The van der Waals surface area contributed by atoms with Crippen LogP contribution in [0.1, 0.15) is 43.1 Å². The highest BCUT2D eigenvalue weighted by Crippen LogP contribution is 2.28. The van der Waals surface area contributed by atoms with Gasteiger partial charge in [-0.2, -0.15) is 0 Å². The number of ether oxygens (including phenoxy) is 2. The first-order valence-corrected chi connectivity index (χ1v) is 9.10. The largest absolute Gasteiger partial charge is 0.494 e. The molecule has 144 valence electrons. The van der Waals surface area contributed by atoms with E-state index in [4.69, 9.17) is 9.47 Å². The van der Waals surface area contributed by atoms with Gasteiger partial charge >= 0.3 is 0 Å². The fourth-order valence-electron chi connectivity index (χ4n) is 2.56. The fourth-order valence-corrected chi connectivity index (χ4v) is 2.56. The predicted molar refractivity (Wildman–Crippen MR) is 107 cm³/mol. The highest BCUT2D eigenvalue weighted by Gasteiger charge is 2.16. The third-order valence-corrected chi connectivity index (χ3v) is 3.99. The number of carbonyl (C=O) groups is 2. The van der Waals surface area contributed by atoms with Crippen LogP contribution in [-0.4, -0.2) is 25.0 Å². The zero-order valence-corrected chi connectivity index (χ0v) is 16.2. The summed E-state index contributed by atoms with van der Waals surface area (Å²) in [6.45, 7) is 8.37. The smallest absolute Gasteiger partial charge is 0.259 e. The SMILES string of the molecule is CCOc1ccc(C(=O)Nc2cccc(NC(=O)CC)c2C)c(OCC)c1. The third kappa shape index (κ3) is 5.23. The van der Waals surface area contributed by atoms with Crippen LogP contribution in [0.4, 0.5) is 11.4 Å². The Bertz CT molecular complexity index is 818. The molecular weight excluding hydrogens is 344 g/mol. The van der Waals surface area contributed by atoms with Crippen LogP contribution in [0.15, 0.2) is 36.4 Å². The van der Waals surface area contributed by atoms with Crippen LogP contribution in [0.25, 0.3) is 0 Å². The number of nitrogens with one attached hydrogen (secondary N) is 2. The monoisotopic (exact) mass is 370 g/mol. The summed E-state index contributed by atoms with van der Waals surface area (Å²) in [5.41, 5.74) is 2.51. The molecule has 27 heavy (non-hydrogen) atoms. The average Bonchev–Trinajstić information content (AvgIpc) is 2.65. The molecule has 0 saturated carbocycles. The molecule has 0 aromatic heterocycles. The molecule has 2 rings (SSSR count). The van der Waals surface area contributed by atoms with Crippen molar-refractivity contribution < 1.29 is 19.1 Å². The van der Waals surface area contributed by atoms with Crippen molar-refractivity contribution in [2.45, 2.75) is 34.1 Å². The van der Waals surface area contributed by atoms with E-state index in [1.165, 1.54) is 0 Å². The van der Waals surface area contributed by atoms with E-state index in [1.54, 1.807) is 43.3 Å². The van der Waals surface area contributed by atoms with Gasteiger partial charge in [0.1, 0.15) is 11.5 Å². The normalized spacial score (nSPS) is 10.2. The van der Waals surface area contributed by atoms with E-state index in [0.717, 1.165) is 5.56 Å². The number of benzene rings is 2. The lowest BCUT2D eigenvalue weighted by Crippen LogP contribution is -2.16. The molecule has 0 fully saturated rings. The molecule has 6 nitrogen and oxygen atoms in total. The minimum Gasteiger partial charge on any atom is -0.494 e. The van der Waals surface area contributed by atoms with Gasteiger partial charge in [-0.25, -0.2) is 0 Å². The minimum atomic E-state index is -0.288. The van der Waals surface area contributed by atoms with Crippen molar-refractivity contribution >= 4 is 23.2 Å². The summed E-state index contributed by atoms with van der Waals surface area (Å²) in [6.07, 6.45) is 0.389. The lowest BCUT2D eigenvalue weighted by Gasteiger charge is -2.15. The lowest BCUT2D eigenvalue weighted by atomic mass is 10.1. The number of hydrogen-bond acceptors (Lipinski definition) is 4. The zero-order chi connectivity index (χ0) is 19.8. The predicted octanol–water partition coefficient (Wildman–Crippen LogP) is 4.39. The van der Waals surface area contributed by atoms with E-state index in [9.17, 15) is 9.59 Å². The van der Waals surface area contributed by atoms with E-state index >= 15 is 0 Å². The van der Waals surface area contributed by atoms with Gasteiger partial charge in [-0.1, -0.05) is 13.0 Å². The van der Waals surface area contributed by atoms with Crippen LogP contribution in [0, 0.1) is 6.92 Å². The molecule has 0 aliphatic heterocycles. The van der Waals surface area contributed by atoms with Crippen LogP contribution in [-0.2, 0) is 4.79 Å².